The zero-order chi connectivity index (χ0) is 20.3. The van der Waals surface area contributed by atoms with Crippen LogP contribution in [0.25, 0.3) is 5.69 Å². The number of carbonyl (C=O) groups is 1. The molecular formula is C20H25ClN4O3. The average molecular weight is 405 g/mol. The summed E-state index contributed by atoms with van der Waals surface area (Å²) in [4.78, 5) is 28.7. The predicted molar refractivity (Wildman–Crippen MR) is 109 cm³/mol. The van der Waals surface area contributed by atoms with Gasteiger partial charge in [0.15, 0.2) is 0 Å². The number of esters is 1. The van der Waals surface area contributed by atoms with E-state index in [2.05, 4.69) is 5.10 Å². The number of hydrogen-bond acceptors (Lipinski definition) is 6. The van der Waals surface area contributed by atoms with Gasteiger partial charge in [0, 0.05) is 26.2 Å². The molecule has 1 aliphatic rings. The minimum absolute atomic E-state index is 0.152. The first-order valence-electron chi connectivity index (χ1n) is 9.27. The number of hydrogen-bond donors (Lipinski definition) is 0. The normalized spacial score (nSPS) is 15.5. The molecule has 1 fully saturated rings. The topological polar surface area (TPSA) is 67.7 Å². The molecule has 150 valence electrons. The van der Waals surface area contributed by atoms with E-state index in [1.807, 2.05) is 48.8 Å². The maximum atomic E-state index is 12.6. The summed E-state index contributed by atoms with van der Waals surface area (Å²) in [6.45, 7) is 8.49. The van der Waals surface area contributed by atoms with Crippen LogP contribution in [0.1, 0.15) is 20.8 Å². The van der Waals surface area contributed by atoms with Gasteiger partial charge in [0.25, 0.3) is 5.56 Å². The molecule has 0 amide bonds. The summed E-state index contributed by atoms with van der Waals surface area (Å²) >= 11 is 6.37. The van der Waals surface area contributed by atoms with E-state index in [4.69, 9.17) is 16.3 Å². The average Bonchev–Trinajstić information content (AvgIpc) is 2.64. The molecule has 8 heteroatoms. The van der Waals surface area contributed by atoms with Gasteiger partial charge < -0.3 is 9.64 Å². The molecule has 1 saturated heterocycles. The first-order valence-corrected chi connectivity index (χ1v) is 9.65. The van der Waals surface area contributed by atoms with Crippen LogP contribution < -0.4 is 10.5 Å². The van der Waals surface area contributed by atoms with Crippen molar-refractivity contribution in [3.05, 3.63) is 51.9 Å². The van der Waals surface area contributed by atoms with Gasteiger partial charge in [0.2, 0.25) is 0 Å². The maximum Gasteiger partial charge on any atom is 0.320 e. The summed E-state index contributed by atoms with van der Waals surface area (Å²) in [5.74, 6) is -0.230. The molecule has 28 heavy (non-hydrogen) atoms. The molecular weight excluding hydrogens is 380 g/mol. The highest BCUT2D eigenvalue weighted by atomic mass is 35.5. The highest BCUT2D eigenvalue weighted by Gasteiger charge is 2.24. The van der Waals surface area contributed by atoms with E-state index in [9.17, 15) is 9.59 Å². The van der Waals surface area contributed by atoms with E-state index in [1.165, 1.54) is 4.68 Å². The number of anilines is 1. The van der Waals surface area contributed by atoms with Crippen molar-refractivity contribution in [1.29, 1.82) is 0 Å². The number of halogens is 1. The summed E-state index contributed by atoms with van der Waals surface area (Å²) in [5, 5.41) is 4.43. The molecule has 1 aromatic heterocycles. The largest absolute Gasteiger partial charge is 0.459 e. The van der Waals surface area contributed by atoms with Crippen molar-refractivity contribution in [2.75, 3.05) is 37.6 Å². The molecule has 0 aliphatic carbocycles. The lowest BCUT2D eigenvalue weighted by atomic mass is 10.2. The Hall–Kier alpha value is -2.38. The summed E-state index contributed by atoms with van der Waals surface area (Å²) in [7, 11) is 0. The quantitative estimate of drug-likeness (QED) is 0.729. The van der Waals surface area contributed by atoms with E-state index >= 15 is 0 Å². The third-order valence-electron chi connectivity index (χ3n) is 4.39. The van der Waals surface area contributed by atoms with Crippen molar-refractivity contribution in [3.8, 4) is 5.69 Å². The summed E-state index contributed by atoms with van der Waals surface area (Å²) in [6.07, 6.45) is 1.63. The Labute approximate surface area is 169 Å². The first kappa shape index (κ1) is 20.4. The molecule has 7 nitrogen and oxygen atoms in total. The number of benzene rings is 1. The molecule has 0 saturated carbocycles. The van der Waals surface area contributed by atoms with E-state index < -0.39 is 5.60 Å². The number of ether oxygens (including phenoxy) is 1. The van der Waals surface area contributed by atoms with Crippen LogP contribution in [0, 0.1) is 0 Å². The van der Waals surface area contributed by atoms with Crippen molar-refractivity contribution in [1.82, 2.24) is 14.7 Å². The Morgan fingerprint density at radius 3 is 2.39 bits per heavy atom. The molecule has 0 spiro atoms. The van der Waals surface area contributed by atoms with Crippen molar-refractivity contribution >= 4 is 23.3 Å². The standard InChI is InChI=1S/C20H25ClN4O3/c1-20(2,3)28-17(26)14-23-9-11-24(12-10-23)16-13-22-25(19(27)18(16)21)15-7-5-4-6-8-15/h4-8,13H,9-12,14H2,1-3H3. The van der Waals surface area contributed by atoms with Crippen LogP contribution in [0.3, 0.4) is 0 Å². The van der Waals surface area contributed by atoms with E-state index in [0.717, 1.165) is 0 Å². The highest BCUT2D eigenvalue weighted by Crippen LogP contribution is 2.23. The molecule has 3 rings (SSSR count). The van der Waals surface area contributed by atoms with Crippen LogP contribution in [0.4, 0.5) is 5.69 Å². The highest BCUT2D eigenvalue weighted by molar-refractivity contribution is 6.33. The first-order chi connectivity index (χ1) is 13.2. The Kier molecular flexibility index (Phi) is 6.05. The van der Waals surface area contributed by atoms with E-state index in [-0.39, 0.29) is 23.1 Å². The van der Waals surface area contributed by atoms with Gasteiger partial charge in [-0.05, 0) is 32.9 Å². The van der Waals surface area contributed by atoms with Crippen molar-refractivity contribution < 1.29 is 9.53 Å². The van der Waals surface area contributed by atoms with Crippen LogP contribution in [-0.4, -0.2) is 59.0 Å². The van der Waals surface area contributed by atoms with Crippen LogP contribution >= 0.6 is 11.6 Å². The maximum absolute atomic E-state index is 12.6. The number of para-hydroxylation sites is 1. The number of rotatable bonds is 4. The van der Waals surface area contributed by atoms with Crippen LogP contribution in [0.5, 0.6) is 0 Å². The predicted octanol–water partition coefficient (Wildman–Crippen LogP) is 2.35. The minimum Gasteiger partial charge on any atom is -0.459 e. The van der Waals surface area contributed by atoms with Crippen LogP contribution in [0.15, 0.2) is 41.3 Å². The molecule has 2 heterocycles. The summed E-state index contributed by atoms with van der Waals surface area (Å²) in [5.41, 5.74) is 0.460. The summed E-state index contributed by atoms with van der Waals surface area (Å²) in [6, 6.07) is 9.17. The fourth-order valence-corrected chi connectivity index (χ4v) is 3.35. The molecule has 1 aromatic carbocycles. The second-order valence-electron chi connectivity index (χ2n) is 7.75. The van der Waals surface area contributed by atoms with Crippen molar-refractivity contribution in [3.63, 3.8) is 0 Å². The molecule has 2 aromatic rings. The summed E-state index contributed by atoms with van der Waals surface area (Å²) < 4.78 is 6.67. The van der Waals surface area contributed by atoms with Gasteiger partial charge >= 0.3 is 5.97 Å². The second-order valence-corrected chi connectivity index (χ2v) is 8.12. The molecule has 0 unspecified atom stereocenters. The molecule has 1 aliphatic heterocycles. The molecule has 0 bridgehead atoms. The fourth-order valence-electron chi connectivity index (χ4n) is 3.10. The Morgan fingerprint density at radius 1 is 1.14 bits per heavy atom. The Bertz CT molecular complexity index is 885. The van der Waals surface area contributed by atoms with Crippen molar-refractivity contribution in [2.45, 2.75) is 26.4 Å². The zero-order valence-corrected chi connectivity index (χ0v) is 17.1. The molecule has 0 N–H and O–H groups in total. The number of piperazine rings is 1. The second kappa shape index (κ2) is 8.32. The van der Waals surface area contributed by atoms with Crippen LogP contribution in [0.2, 0.25) is 5.02 Å². The van der Waals surface area contributed by atoms with Gasteiger partial charge in [-0.1, -0.05) is 29.8 Å². The smallest absolute Gasteiger partial charge is 0.320 e. The monoisotopic (exact) mass is 404 g/mol. The number of nitrogens with zero attached hydrogens (tertiary/aromatic N) is 4. The lowest BCUT2D eigenvalue weighted by Gasteiger charge is -2.36. The fraction of sp³-hybridized carbons (Fsp3) is 0.450. The number of aromatic nitrogens is 2. The van der Waals surface area contributed by atoms with Gasteiger partial charge in [-0.2, -0.15) is 9.78 Å². The minimum atomic E-state index is -0.485. The van der Waals surface area contributed by atoms with Gasteiger partial charge in [0.05, 0.1) is 24.1 Å². The van der Waals surface area contributed by atoms with Crippen molar-refractivity contribution in [2.24, 2.45) is 0 Å². The van der Waals surface area contributed by atoms with Gasteiger partial charge in [-0.3, -0.25) is 14.5 Å². The zero-order valence-electron chi connectivity index (χ0n) is 16.4. The Morgan fingerprint density at radius 2 is 1.79 bits per heavy atom. The third-order valence-corrected chi connectivity index (χ3v) is 4.74. The van der Waals surface area contributed by atoms with Gasteiger partial charge in [-0.25, -0.2) is 0 Å². The SMILES string of the molecule is CC(C)(C)OC(=O)CN1CCN(c2cnn(-c3ccccc3)c(=O)c2Cl)CC1. The third kappa shape index (κ3) is 4.91. The Balaban J connectivity index is 1.66. The van der Waals surface area contributed by atoms with Gasteiger partial charge in [-0.15, -0.1) is 0 Å². The number of carbonyl (C=O) groups excluding carboxylic acids is 1. The van der Waals surface area contributed by atoms with Gasteiger partial charge in [0.1, 0.15) is 10.6 Å². The molecule has 0 radical (unpaired) electrons. The molecule has 0 atom stereocenters. The van der Waals surface area contributed by atoms with E-state index in [1.54, 1.807) is 18.3 Å². The van der Waals surface area contributed by atoms with Crippen LogP contribution in [-0.2, 0) is 9.53 Å². The lowest BCUT2D eigenvalue weighted by molar-refractivity contribution is -0.156. The lowest BCUT2D eigenvalue weighted by Crippen LogP contribution is -2.49. The van der Waals surface area contributed by atoms with E-state index in [0.29, 0.717) is 37.6 Å².